The minimum Gasteiger partial charge on any atom is -0.335 e. The van der Waals surface area contributed by atoms with Crippen LogP contribution in [0.3, 0.4) is 0 Å². The Balaban J connectivity index is 1.42. The molecule has 0 aromatic rings. The van der Waals surface area contributed by atoms with E-state index < -0.39 is 9.84 Å². The fourth-order valence-electron chi connectivity index (χ4n) is 5.89. The van der Waals surface area contributed by atoms with Gasteiger partial charge in [0.05, 0.1) is 18.1 Å². The lowest BCUT2D eigenvalue weighted by molar-refractivity contribution is -0.138. The van der Waals surface area contributed by atoms with E-state index in [4.69, 9.17) is 0 Å². The molecule has 1 amide bonds. The van der Waals surface area contributed by atoms with Crippen LogP contribution in [-0.2, 0) is 14.6 Å². The number of sulfone groups is 1. The zero-order chi connectivity index (χ0) is 19.6. The summed E-state index contributed by atoms with van der Waals surface area (Å²) in [5, 5.41) is 0. The molecule has 3 aliphatic heterocycles. The van der Waals surface area contributed by atoms with Gasteiger partial charge in [-0.05, 0) is 64.6 Å². The van der Waals surface area contributed by atoms with Crippen LogP contribution in [-0.4, -0.2) is 91.4 Å². The summed E-state index contributed by atoms with van der Waals surface area (Å²) in [6.07, 6.45) is 11.2. The molecule has 28 heavy (non-hydrogen) atoms. The van der Waals surface area contributed by atoms with E-state index in [0.717, 1.165) is 38.8 Å². The Labute approximate surface area is 170 Å². The Kier molecular flexibility index (Phi) is 6.63. The van der Waals surface area contributed by atoms with Crippen LogP contribution in [0, 0.1) is 0 Å². The maximum absolute atomic E-state index is 13.5. The van der Waals surface area contributed by atoms with Gasteiger partial charge in [0.25, 0.3) is 0 Å². The highest BCUT2D eigenvalue weighted by molar-refractivity contribution is 7.91. The number of hydrogen-bond donors (Lipinski definition) is 0. The van der Waals surface area contributed by atoms with Gasteiger partial charge in [0, 0.05) is 24.7 Å². The van der Waals surface area contributed by atoms with E-state index in [1.165, 1.54) is 45.2 Å². The van der Waals surface area contributed by atoms with E-state index in [1.54, 1.807) is 0 Å². The molecule has 4 rings (SSSR count). The van der Waals surface area contributed by atoms with E-state index in [1.807, 2.05) is 4.90 Å². The van der Waals surface area contributed by atoms with Crippen molar-refractivity contribution in [3.8, 4) is 0 Å². The molecule has 0 N–H and O–H groups in total. The van der Waals surface area contributed by atoms with Gasteiger partial charge in [0.2, 0.25) is 5.91 Å². The number of nitrogens with zero attached hydrogens (tertiary/aromatic N) is 3. The molecule has 0 aromatic heterocycles. The predicted octanol–water partition coefficient (Wildman–Crippen LogP) is 1.90. The quantitative estimate of drug-likeness (QED) is 0.668. The topological polar surface area (TPSA) is 60.9 Å². The summed E-state index contributed by atoms with van der Waals surface area (Å²) in [5.74, 6) is 0.601. The molecule has 4 aliphatic rings. The first-order valence-electron chi connectivity index (χ1n) is 11.5. The maximum Gasteiger partial charge on any atom is 0.237 e. The van der Waals surface area contributed by atoms with Crippen molar-refractivity contribution in [2.75, 3.05) is 44.2 Å². The summed E-state index contributed by atoms with van der Waals surface area (Å²) in [5.41, 5.74) is 0. The van der Waals surface area contributed by atoms with Crippen molar-refractivity contribution in [2.24, 2.45) is 0 Å². The van der Waals surface area contributed by atoms with Crippen LogP contribution in [0.4, 0.5) is 0 Å². The average Bonchev–Trinajstić information content (AvgIpc) is 3.40. The summed E-state index contributed by atoms with van der Waals surface area (Å²) >= 11 is 0. The molecule has 0 bridgehead atoms. The number of amides is 1. The van der Waals surface area contributed by atoms with Crippen LogP contribution in [0.5, 0.6) is 0 Å². The highest BCUT2D eigenvalue weighted by Gasteiger charge is 2.39. The van der Waals surface area contributed by atoms with Gasteiger partial charge < -0.3 is 9.80 Å². The minimum absolute atomic E-state index is 0.0970. The van der Waals surface area contributed by atoms with Crippen LogP contribution in [0.15, 0.2) is 0 Å². The third-order valence-corrected chi connectivity index (χ3v) is 9.11. The van der Waals surface area contributed by atoms with Crippen molar-refractivity contribution in [3.63, 3.8) is 0 Å². The number of likely N-dealkylation sites (tertiary alicyclic amines) is 2. The Morgan fingerprint density at radius 2 is 1.61 bits per heavy atom. The highest BCUT2D eigenvalue weighted by atomic mass is 32.2. The molecule has 1 aliphatic carbocycles. The molecule has 3 heterocycles. The van der Waals surface area contributed by atoms with E-state index >= 15 is 0 Å². The van der Waals surface area contributed by atoms with Gasteiger partial charge >= 0.3 is 0 Å². The summed E-state index contributed by atoms with van der Waals surface area (Å²) in [7, 11) is -2.98. The number of rotatable bonds is 6. The maximum atomic E-state index is 13.5. The predicted molar refractivity (Wildman–Crippen MR) is 111 cm³/mol. The van der Waals surface area contributed by atoms with Crippen LogP contribution in [0.1, 0.15) is 64.2 Å². The highest BCUT2D eigenvalue weighted by Crippen LogP contribution is 2.29. The van der Waals surface area contributed by atoms with Gasteiger partial charge in [-0.1, -0.05) is 19.3 Å². The van der Waals surface area contributed by atoms with Gasteiger partial charge in [-0.3, -0.25) is 9.69 Å². The van der Waals surface area contributed by atoms with Crippen molar-refractivity contribution < 1.29 is 13.2 Å². The van der Waals surface area contributed by atoms with Crippen LogP contribution >= 0.6 is 0 Å². The zero-order valence-corrected chi connectivity index (χ0v) is 18.0. The lowest BCUT2D eigenvalue weighted by Gasteiger charge is -2.40. The fourth-order valence-corrected chi connectivity index (χ4v) is 7.60. The van der Waals surface area contributed by atoms with Crippen molar-refractivity contribution in [3.05, 3.63) is 0 Å². The molecule has 1 saturated carbocycles. The lowest BCUT2D eigenvalue weighted by atomic mass is 9.92. The second kappa shape index (κ2) is 9.00. The molecular formula is C21H37N3O3S. The number of hydrogen-bond acceptors (Lipinski definition) is 5. The molecule has 160 valence electrons. The van der Waals surface area contributed by atoms with Gasteiger partial charge in [-0.25, -0.2) is 8.42 Å². The van der Waals surface area contributed by atoms with Crippen LogP contribution in [0.25, 0.3) is 0 Å². The molecule has 7 heteroatoms. The van der Waals surface area contributed by atoms with Crippen LogP contribution < -0.4 is 0 Å². The molecule has 3 saturated heterocycles. The summed E-state index contributed by atoms with van der Waals surface area (Å²) in [6, 6.07) is 0.641. The van der Waals surface area contributed by atoms with Gasteiger partial charge in [-0.2, -0.15) is 0 Å². The first-order valence-corrected chi connectivity index (χ1v) is 13.3. The first kappa shape index (κ1) is 20.6. The van der Waals surface area contributed by atoms with E-state index in [0.29, 0.717) is 19.0 Å². The Hall–Kier alpha value is -0.660. The molecule has 0 radical (unpaired) electrons. The molecule has 4 fully saturated rings. The minimum atomic E-state index is -2.98. The lowest BCUT2D eigenvalue weighted by Crippen LogP contribution is -2.53. The largest absolute Gasteiger partial charge is 0.335 e. The molecule has 2 unspecified atom stereocenters. The van der Waals surface area contributed by atoms with Crippen LogP contribution in [0.2, 0.25) is 0 Å². The number of carbonyl (C=O) groups is 1. The molecule has 0 aromatic carbocycles. The Bertz CT molecular complexity index is 641. The third-order valence-electron chi connectivity index (χ3n) is 7.36. The van der Waals surface area contributed by atoms with E-state index in [9.17, 15) is 13.2 Å². The van der Waals surface area contributed by atoms with Gasteiger partial charge in [0.1, 0.15) is 0 Å². The summed E-state index contributed by atoms with van der Waals surface area (Å²) in [6.45, 7) is 4.98. The van der Waals surface area contributed by atoms with Gasteiger partial charge in [0.15, 0.2) is 9.84 Å². The third kappa shape index (κ3) is 4.90. The van der Waals surface area contributed by atoms with Gasteiger partial charge in [-0.15, -0.1) is 0 Å². The monoisotopic (exact) mass is 411 g/mol. The SMILES string of the molecule is O=C(CN1CCCC1CN1CCCC1)N(C1CCCCC1)C1CCS(=O)(=O)C1. The normalized spacial score (nSPS) is 32.1. The van der Waals surface area contributed by atoms with E-state index in [-0.39, 0.29) is 29.5 Å². The molecule has 0 spiro atoms. The van der Waals surface area contributed by atoms with E-state index in [2.05, 4.69) is 9.80 Å². The Morgan fingerprint density at radius 1 is 0.857 bits per heavy atom. The first-order chi connectivity index (χ1) is 13.5. The molecular weight excluding hydrogens is 374 g/mol. The number of carbonyl (C=O) groups excluding carboxylic acids is 1. The Morgan fingerprint density at radius 3 is 2.29 bits per heavy atom. The van der Waals surface area contributed by atoms with Crippen molar-refractivity contribution in [1.29, 1.82) is 0 Å². The van der Waals surface area contributed by atoms with Crippen molar-refractivity contribution in [2.45, 2.75) is 82.3 Å². The molecule has 2 atom stereocenters. The molecule has 6 nitrogen and oxygen atoms in total. The fraction of sp³-hybridized carbons (Fsp3) is 0.952. The second-order valence-electron chi connectivity index (χ2n) is 9.42. The summed E-state index contributed by atoms with van der Waals surface area (Å²) < 4.78 is 24.2. The standard InChI is InChI=1S/C21H37N3O3S/c25-21(16-23-13-6-9-19(23)15-22-11-4-5-12-22)24(18-7-2-1-3-8-18)20-10-14-28(26,27)17-20/h18-20H,1-17H2. The second-order valence-corrected chi connectivity index (χ2v) is 11.7. The smallest absolute Gasteiger partial charge is 0.237 e. The average molecular weight is 412 g/mol. The summed E-state index contributed by atoms with van der Waals surface area (Å²) in [4.78, 5) is 20.4. The van der Waals surface area contributed by atoms with Crippen molar-refractivity contribution in [1.82, 2.24) is 14.7 Å². The zero-order valence-electron chi connectivity index (χ0n) is 17.2. The van der Waals surface area contributed by atoms with Crippen molar-refractivity contribution >= 4 is 15.7 Å².